The minimum absolute atomic E-state index is 0.101. The van der Waals surface area contributed by atoms with Crippen molar-refractivity contribution < 1.29 is 4.43 Å². The summed E-state index contributed by atoms with van der Waals surface area (Å²) in [7, 11) is -1.99. The molecule has 5 nitrogen and oxygen atoms in total. The molecular formula is C32H35ClN4OSi. The van der Waals surface area contributed by atoms with Gasteiger partial charge < -0.3 is 4.43 Å². The first-order valence-corrected chi connectivity index (χ1v) is 16.6. The van der Waals surface area contributed by atoms with Crippen molar-refractivity contribution in [3.05, 3.63) is 112 Å². The van der Waals surface area contributed by atoms with Gasteiger partial charge in [-0.2, -0.15) is 0 Å². The Hall–Kier alpha value is -3.32. The van der Waals surface area contributed by atoms with Gasteiger partial charge >= 0.3 is 0 Å². The maximum absolute atomic E-state index is 6.66. The molecule has 7 heteroatoms. The molecule has 0 N–H and O–H groups in total. The Morgan fingerprint density at radius 2 is 1.67 bits per heavy atom. The van der Waals surface area contributed by atoms with Crippen molar-refractivity contribution in [1.29, 1.82) is 0 Å². The van der Waals surface area contributed by atoms with Gasteiger partial charge in [0.05, 0.1) is 12.3 Å². The van der Waals surface area contributed by atoms with Crippen LogP contribution in [-0.4, -0.2) is 35.4 Å². The van der Waals surface area contributed by atoms with Crippen molar-refractivity contribution in [1.82, 2.24) is 14.8 Å². The van der Waals surface area contributed by atoms with Gasteiger partial charge in [0.2, 0.25) is 0 Å². The molecule has 1 aliphatic rings. The Bertz CT molecular complexity index is 1500. The van der Waals surface area contributed by atoms with Crippen molar-refractivity contribution in [2.45, 2.75) is 51.4 Å². The number of nitrogens with zero attached hydrogens (tertiary/aromatic N) is 4. The Morgan fingerprint density at radius 3 is 2.38 bits per heavy atom. The van der Waals surface area contributed by atoms with Gasteiger partial charge in [-0.25, -0.2) is 0 Å². The van der Waals surface area contributed by atoms with Crippen LogP contribution < -0.4 is 0 Å². The van der Waals surface area contributed by atoms with Gasteiger partial charge in [0.15, 0.2) is 14.1 Å². The molecule has 5 rings (SSSR count). The molecule has 0 fully saturated rings. The van der Waals surface area contributed by atoms with E-state index in [9.17, 15) is 0 Å². The van der Waals surface area contributed by atoms with Crippen LogP contribution in [0.5, 0.6) is 0 Å². The van der Waals surface area contributed by atoms with Gasteiger partial charge in [-0.15, -0.1) is 10.2 Å². The lowest BCUT2D eigenvalue weighted by atomic mass is 9.98. The molecule has 0 saturated heterocycles. The van der Waals surface area contributed by atoms with Crippen LogP contribution in [0.15, 0.2) is 84.1 Å². The van der Waals surface area contributed by atoms with E-state index in [0.717, 1.165) is 44.5 Å². The highest BCUT2D eigenvalue weighted by Gasteiger charge is 2.38. The Balaban J connectivity index is 1.57. The molecule has 0 spiro atoms. The first-order chi connectivity index (χ1) is 18.6. The number of fused-ring (bicyclic) bond motifs is 3. The smallest absolute Gasteiger partial charge is 0.192 e. The van der Waals surface area contributed by atoms with E-state index in [1.807, 2.05) is 30.3 Å². The van der Waals surface area contributed by atoms with Crippen molar-refractivity contribution in [2.75, 3.05) is 6.61 Å². The molecule has 0 amide bonds. The average Bonchev–Trinajstić information content (AvgIpc) is 3.36. The van der Waals surface area contributed by atoms with Crippen LogP contribution in [-0.2, 0) is 10.8 Å². The monoisotopic (exact) mass is 554 g/mol. The molecular weight excluding hydrogens is 520 g/mol. The first-order valence-electron chi connectivity index (χ1n) is 13.3. The Morgan fingerprint density at radius 1 is 0.949 bits per heavy atom. The zero-order valence-electron chi connectivity index (χ0n) is 23.2. The molecule has 2 heterocycles. The Kier molecular flexibility index (Phi) is 7.72. The average molecular weight is 555 g/mol. The van der Waals surface area contributed by atoms with Gasteiger partial charge in [-0.3, -0.25) is 9.56 Å². The predicted molar refractivity (Wildman–Crippen MR) is 164 cm³/mol. The number of hydrogen-bond acceptors (Lipinski definition) is 4. The maximum Gasteiger partial charge on any atom is 0.192 e. The number of benzene rings is 3. The fraction of sp³-hybridized carbons (Fsp3) is 0.281. The van der Waals surface area contributed by atoms with Gasteiger partial charge in [0, 0.05) is 22.7 Å². The van der Waals surface area contributed by atoms with Crippen molar-refractivity contribution in [3.8, 4) is 5.69 Å². The molecule has 0 unspecified atom stereocenters. The van der Waals surface area contributed by atoms with E-state index in [1.165, 1.54) is 0 Å². The lowest BCUT2D eigenvalue weighted by Gasteiger charge is -2.36. The van der Waals surface area contributed by atoms with Crippen LogP contribution in [0.1, 0.15) is 54.9 Å². The van der Waals surface area contributed by atoms with Crippen LogP contribution in [0.2, 0.25) is 23.2 Å². The van der Waals surface area contributed by atoms with Crippen LogP contribution >= 0.6 is 11.6 Å². The lowest BCUT2D eigenvalue weighted by Crippen LogP contribution is -2.41. The van der Waals surface area contributed by atoms with Crippen LogP contribution in [0, 0.1) is 0 Å². The van der Waals surface area contributed by atoms with E-state index in [0.29, 0.717) is 13.0 Å². The third kappa shape index (κ3) is 6.14. The normalized spacial score (nSPS) is 15.5. The third-order valence-corrected chi connectivity index (χ3v) is 12.5. The second kappa shape index (κ2) is 11.0. The van der Waals surface area contributed by atoms with Crippen molar-refractivity contribution >= 4 is 37.8 Å². The molecule has 0 aliphatic carbocycles. The molecule has 39 heavy (non-hydrogen) atoms. The standard InChI is InChI=1S/C32H35ClN4OSi/c1-32(2,3)39(4,5)38-21-29-31-36-34-22-37(31)30-18-15-24(12-11-23-9-7-6-8-10-23)19-27(30)28(35-29)20-25-13-16-26(33)17-14-25/h6-19,22,29H,20-21H2,1-5H3/b12-11+/t29-/m0/s1. The highest BCUT2D eigenvalue weighted by atomic mass is 35.5. The number of aliphatic imine (C=N–C) groups is 1. The van der Waals surface area contributed by atoms with Crippen LogP contribution in [0.3, 0.4) is 0 Å². The topological polar surface area (TPSA) is 52.3 Å². The number of rotatable bonds is 7. The van der Waals surface area contributed by atoms with E-state index in [1.54, 1.807) is 6.33 Å². The molecule has 3 aromatic carbocycles. The first kappa shape index (κ1) is 27.3. The summed E-state index contributed by atoms with van der Waals surface area (Å²) < 4.78 is 8.73. The Labute approximate surface area is 237 Å². The summed E-state index contributed by atoms with van der Waals surface area (Å²) in [6.07, 6.45) is 6.73. The maximum atomic E-state index is 6.66. The van der Waals surface area contributed by atoms with E-state index >= 15 is 0 Å². The van der Waals surface area contributed by atoms with Crippen molar-refractivity contribution in [2.24, 2.45) is 4.99 Å². The summed E-state index contributed by atoms with van der Waals surface area (Å²) in [4.78, 5) is 5.33. The minimum atomic E-state index is -1.99. The molecule has 0 bridgehead atoms. The largest absolute Gasteiger partial charge is 0.414 e. The summed E-state index contributed by atoms with van der Waals surface area (Å²) in [5.74, 6) is 0.800. The highest BCUT2D eigenvalue weighted by molar-refractivity contribution is 6.74. The van der Waals surface area contributed by atoms with Crippen LogP contribution in [0.4, 0.5) is 0 Å². The molecule has 1 atom stereocenters. The highest BCUT2D eigenvalue weighted by Crippen LogP contribution is 2.38. The van der Waals surface area contributed by atoms with E-state index in [4.69, 9.17) is 21.0 Å². The van der Waals surface area contributed by atoms with Gasteiger partial charge in [0.1, 0.15) is 12.4 Å². The molecule has 1 aromatic heterocycles. The third-order valence-electron chi connectivity index (χ3n) is 7.74. The fourth-order valence-electron chi connectivity index (χ4n) is 4.38. The minimum Gasteiger partial charge on any atom is -0.414 e. The summed E-state index contributed by atoms with van der Waals surface area (Å²) in [6.45, 7) is 11.8. The second-order valence-corrected chi connectivity index (χ2v) is 16.8. The SMILES string of the molecule is CC(C)(C)[Si](C)(C)OC[C@@H]1N=C(Cc2ccc(Cl)cc2)c2cc(/C=C/c3ccccc3)ccc2-n2cnnc21. The molecule has 200 valence electrons. The van der Waals surface area contributed by atoms with Gasteiger partial charge in [0.25, 0.3) is 0 Å². The van der Waals surface area contributed by atoms with Gasteiger partial charge in [-0.1, -0.05) is 93.1 Å². The second-order valence-electron chi connectivity index (χ2n) is 11.5. The van der Waals surface area contributed by atoms with E-state index < -0.39 is 8.32 Å². The number of aromatic nitrogens is 3. The zero-order valence-corrected chi connectivity index (χ0v) is 25.0. The predicted octanol–water partition coefficient (Wildman–Crippen LogP) is 8.20. The number of halogens is 1. The van der Waals surface area contributed by atoms with Crippen LogP contribution in [0.25, 0.3) is 17.8 Å². The lowest BCUT2D eigenvalue weighted by molar-refractivity contribution is 0.261. The quantitative estimate of drug-likeness (QED) is 0.171. The zero-order chi connectivity index (χ0) is 27.6. The molecule has 4 aromatic rings. The molecule has 0 saturated carbocycles. The summed E-state index contributed by atoms with van der Waals surface area (Å²) in [5.41, 5.74) is 6.50. The van der Waals surface area contributed by atoms with E-state index in [-0.39, 0.29) is 11.1 Å². The fourth-order valence-corrected chi connectivity index (χ4v) is 5.51. The molecule has 0 radical (unpaired) electrons. The number of hydrogen-bond donors (Lipinski definition) is 0. The van der Waals surface area contributed by atoms with Gasteiger partial charge in [-0.05, 0) is 59.1 Å². The summed E-state index contributed by atoms with van der Waals surface area (Å²) in [6, 6.07) is 24.5. The summed E-state index contributed by atoms with van der Waals surface area (Å²) >= 11 is 6.19. The van der Waals surface area contributed by atoms with E-state index in [2.05, 4.69) is 103 Å². The summed E-state index contributed by atoms with van der Waals surface area (Å²) in [5, 5.41) is 9.62. The molecule has 1 aliphatic heterocycles. The van der Waals surface area contributed by atoms with Crippen molar-refractivity contribution in [3.63, 3.8) is 0 Å².